The monoisotopic (exact) mass is 459 g/mol. The molecule has 0 saturated heterocycles. The lowest BCUT2D eigenvalue weighted by Gasteiger charge is -2.19. The Morgan fingerprint density at radius 3 is 2.86 bits per heavy atom. The molecular weight excluding hydrogens is 438 g/mol. The average molecular weight is 460 g/mol. The summed E-state index contributed by atoms with van der Waals surface area (Å²) in [5.41, 5.74) is 15.5. The van der Waals surface area contributed by atoms with Gasteiger partial charge in [0, 0.05) is 36.3 Å². The van der Waals surface area contributed by atoms with Gasteiger partial charge in [0.2, 0.25) is 0 Å². The van der Waals surface area contributed by atoms with E-state index in [1.54, 1.807) is 0 Å². The van der Waals surface area contributed by atoms with Crippen LogP contribution in [0.4, 0.5) is 11.4 Å². The van der Waals surface area contributed by atoms with Gasteiger partial charge in [-0.15, -0.1) is 0 Å². The van der Waals surface area contributed by atoms with Gasteiger partial charge in [0.15, 0.2) is 0 Å². The van der Waals surface area contributed by atoms with Gasteiger partial charge < -0.3 is 20.5 Å². The van der Waals surface area contributed by atoms with Crippen molar-refractivity contribution in [1.82, 2.24) is 25.4 Å². The van der Waals surface area contributed by atoms with E-state index in [4.69, 9.17) is 14.7 Å². The van der Waals surface area contributed by atoms with Gasteiger partial charge >= 0.3 is 0 Å². The Morgan fingerprint density at radius 2 is 1.86 bits per heavy atom. The van der Waals surface area contributed by atoms with Crippen molar-refractivity contribution in [3.8, 4) is 28.1 Å². The lowest BCUT2D eigenvalue weighted by molar-refractivity contribution is 0.333. The number of imidazole rings is 1. The molecule has 4 N–H and O–H groups in total. The second-order valence-corrected chi connectivity index (χ2v) is 8.47. The Hall–Kier alpha value is -4.85. The molecule has 0 saturated carbocycles. The van der Waals surface area contributed by atoms with Crippen molar-refractivity contribution < 1.29 is 4.74 Å². The number of aromatic nitrogens is 4. The maximum atomic E-state index is 6.04. The zero-order valence-corrected chi connectivity index (χ0v) is 18.7. The molecule has 170 valence electrons. The molecule has 35 heavy (non-hydrogen) atoms. The molecular formula is C27H21N7O. The summed E-state index contributed by atoms with van der Waals surface area (Å²) < 4.78 is 6.04. The number of hydrogen-bond donors (Lipinski definition) is 4. The van der Waals surface area contributed by atoms with Crippen LogP contribution in [0.2, 0.25) is 0 Å². The quantitative estimate of drug-likeness (QED) is 0.264. The summed E-state index contributed by atoms with van der Waals surface area (Å²) >= 11 is 0. The Morgan fingerprint density at radius 1 is 0.886 bits per heavy atom. The van der Waals surface area contributed by atoms with Gasteiger partial charge in [-0.05, 0) is 42.0 Å². The molecule has 7 rings (SSSR count). The molecule has 0 aliphatic carbocycles. The number of H-pyrrole nitrogens is 1. The summed E-state index contributed by atoms with van der Waals surface area (Å²) in [5.74, 6) is 1.56. The van der Waals surface area contributed by atoms with Crippen LogP contribution in [0.1, 0.15) is 11.5 Å². The Kier molecular flexibility index (Phi) is 4.41. The van der Waals surface area contributed by atoms with E-state index >= 15 is 0 Å². The SMILES string of the molecule is C1=C2c3nc4c(cccc4[nH]3)-c3cccc(c3)OCCNc3cncc(c3)-c3ccc(c2n3)NN1. The third-order valence-electron chi connectivity index (χ3n) is 6.22. The summed E-state index contributed by atoms with van der Waals surface area (Å²) in [5, 5.41) is 3.40. The number of rotatable bonds is 0. The first-order valence-electron chi connectivity index (χ1n) is 11.5. The Bertz CT molecular complexity index is 1620. The summed E-state index contributed by atoms with van der Waals surface area (Å²) in [7, 11) is 0. The lowest BCUT2D eigenvalue weighted by Crippen LogP contribution is -2.22. The molecule has 0 amide bonds. The number of hydrogen-bond acceptors (Lipinski definition) is 7. The van der Waals surface area contributed by atoms with Crippen molar-refractivity contribution >= 4 is 28.0 Å². The van der Waals surface area contributed by atoms with E-state index in [0.717, 1.165) is 67.6 Å². The molecule has 2 aliphatic heterocycles. The molecule has 0 spiro atoms. The maximum absolute atomic E-state index is 6.04. The topological polar surface area (TPSA) is 99.8 Å². The molecule has 0 fully saturated rings. The van der Waals surface area contributed by atoms with E-state index in [0.29, 0.717) is 13.2 Å². The van der Waals surface area contributed by atoms with Crippen LogP contribution >= 0.6 is 0 Å². The second-order valence-electron chi connectivity index (χ2n) is 8.47. The fourth-order valence-electron chi connectivity index (χ4n) is 4.55. The normalized spacial score (nSPS) is 14.0. The molecule has 5 aromatic rings. The van der Waals surface area contributed by atoms with E-state index in [1.165, 1.54) is 0 Å². The average Bonchev–Trinajstić information content (AvgIpc) is 3.35. The summed E-state index contributed by atoms with van der Waals surface area (Å²) in [4.78, 5) is 17.9. The fourth-order valence-corrected chi connectivity index (χ4v) is 4.55. The standard InChI is InChI=1S/C27H21N7O/c1-3-16-12-19(4-1)35-10-9-29-18-11-17(13-28-14-18)22-7-8-24-26(31-22)21(15-30-34-24)27-32-23-6-2-5-20(16)25(23)33-27/h1-8,11-15,29-30,34H,9-10H2,(H,32,33). The molecule has 3 aromatic heterocycles. The van der Waals surface area contributed by atoms with Gasteiger partial charge in [0.25, 0.3) is 0 Å². The van der Waals surface area contributed by atoms with Gasteiger partial charge in [-0.25, -0.2) is 9.97 Å². The van der Waals surface area contributed by atoms with Crippen LogP contribution in [0.25, 0.3) is 39.0 Å². The highest BCUT2D eigenvalue weighted by atomic mass is 16.5. The van der Waals surface area contributed by atoms with Crippen molar-refractivity contribution in [3.05, 3.63) is 90.8 Å². The van der Waals surface area contributed by atoms with Crippen LogP contribution < -0.4 is 20.9 Å². The van der Waals surface area contributed by atoms with Crippen LogP contribution in [-0.4, -0.2) is 33.1 Å². The highest BCUT2D eigenvalue weighted by Crippen LogP contribution is 2.35. The van der Waals surface area contributed by atoms with E-state index in [-0.39, 0.29) is 0 Å². The molecule has 5 heterocycles. The predicted octanol–water partition coefficient (Wildman–Crippen LogP) is 4.81. The van der Waals surface area contributed by atoms with Gasteiger partial charge in [-0.2, -0.15) is 0 Å². The largest absolute Gasteiger partial charge is 0.492 e. The number of aromatic amines is 1. The maximum Gasteiger partial charge on any atom is 0.142 e. The van der Waals surface area contributed by atoms with Crippen molar-refractivity contribution in [3.63, 3.8) is 0 Å². The number of para-hydroxylation sites is 1. The number of nitrogens with one attached hydrogen (secondary N) is 4. The highest BCUT2D eigenvalue weighted by molar-refractivity contribution is 5.95. The molecule has 2 aromatic carbocycles. The molecule has 8 nitrogen and oxygen atoms in total. The first kappa shape index (κ1) is 19.6. The third kappa shape index (κ3) is 3.43. The van der Waals surface area contributed by atoms with Crippen LogP contribution in [0.3, 0.4) is 0 Å². The molecule has 0 radical (unpaired) electrons. The van der Waals surface area contributed by atoms with Gasteiger partial charge in [0.05, 0.1) is 33.7 Å². The number of nitrogens with zero attached hydrogens (tertiary/aromatic N) is 3. The van der Waals surface area contributed by atoms with Gasteiger partial charge in [-0.3, -0.25) is 10.4 Å². The van der Waals surface area contributed by atoms with E-state index in [9.17, 15) is 0 Å². The van der Waals surface area contributed by atoms with Crippen molar-refractivity contribution in [2.45, 2.75) is 0 Å². The lowest BCUT2D eigenvalue weighted by atomic mass is 10.0. The second kappa shape index (κ2) is 7.88. The summed E-state index contributed by atoms with van der Waals surface area (Å²) in [6.45, 7) is 1.17. The van der Waals surface area contributed by atoms with Crippen molar-refractivity contribution in [1.29, 1.82) is 0 Å². The Labute approximate surface area is 201 Å². The van der Waals surface area contributed by atoms with E-state index < -0.39 is 0 Å². The molecule has 8 heteroatoms. The van der Waals surface area contributed by atoms with E-state index in [2.05, 4.69) is 50.4 Å². The number of hydrazine groups is 1. The first-order valence-corrected chi connectivity index (χ1v) is 11.5. The first-order chi connectivity index (χ1) is 17.3. The minimum atomic E-state index is 0.522. The van der Waals surface area contributed by atoms with Crippen LogP contribution in [-0.2, 0) is 0 Å². The Balaban J connectivity index is 1.44. The summed E-state index contributed by atoms with van der Waals surface area (Å²) in [6.07, 6.45) is 5.52. The van der Waals surface area contributed by atoms with Gasteiger partial charge in [0.1, 0.15) is 23.9 Å². The number of benzene rings is 2. The van der Waals surface area contributed by atoms with Crippen LogP contribution in [0.5, 0.6) is 5.75 Å². The number of anilines is 2. The third-order valence-corrected chi connectivity index (χ3v) is 6.22. The smallest absolute Gasteiger partial charge is 0.142 e. The molecule has 0 unspecified atom stereocenters. The van der Waals surface area contributed by atoms with Crippen LogP contribution in [0, 0.1) is 0 Å². The number of fused-ring (bicyclic) bond motifs is 9. The minimum absolute atomic E-state index is 0.522. The predicted molar refractivity (Wildman–Crippen MR) is 137 cm³/mol. The minimum Gasteiger partial charge on any atom is -0.492 e. The number of pyridine rings is 2. The van der Waals surface area contributed by atoms with Crippen LogP contribution in [0.15, 0.2) is 79.3 Å². The molecule has 8 bridgehead atoms. The zero-order valence-electron chi connectivity index (χ0n) is 18.7. The van der Waals surface area contributed by atoms with Crippen molar-refractivity contribution in [2.24, 2.45) is 0 Å². The van der Waals surface area contributed by atoms with Crippen molar-refractivity contribution in [2.75, 3.05) is 23.9 Å². The fraction of sp³-hybridized carbons (Fsp3) is 0.0741. The zero-order chi connectivity index (χ0) is 23.2. The van der Waals surface area contributed by atoms with E-state index in [1.807, 2.05) is 55.0 Å². The van der Waals surface area contributed by atoms with Gasteiger partial charge in [-0.1, -0.05) is 24.3 Å². The molecule has 0 atom stereocenters. The highest BCUT2D eigenvalue weighted by Gasteiger charge is 2.21. The number of ether oxygens (including phenoxy) is 1. The molecule has 2 aliphatic rings. The summed E-state index contributed by atoms with van der Waals surface area (Å²) in [6, 6.07) is 20.4.